The van der Waals surface area contributed by atoms with Crippen molar-refractivity contribution in [3.63, 3.8) is 0 Å². The molecule has 0 radical (unpaired) electrons. The van der Waals surface area contributed by atoms with Gasteiger partial charge in [0.15, 0.2) is 0 Å². The first-order valence-electron chi connectivity index (χ1n) is 1.94. The SMILES string of the molecule is [C-]#[O+].[C-]#[O+].[C-]#[O+].[Fe+2].[c-]1[c-][c-][cH-][c-]1. The summed E-state index contributed by atoms with van der Waals surface area (Å²) in [4.78, 5) is 0. The van der Waals surface area contributed by atoms with Gasteiger partial charge < -0.3 is 30.3 Å². The first-order chi connectivity index (χ1) is 5.50. The monoisotopic (exact) mass is 201 g/mol. The molecule has 0 atom stereocenters. The fraction of sp³-hybridized carbons (Fsp3) is 0. The smallest absolute Gasteiger partial charge is 0.999 e. The van der Waals surface area contributed by atoms with Gasteiger partial charge in [0.05, 0.1) is 0 Å². The summed E-state index contributed by atoms with van der Waals surface area (Å²) < 4.78 is 22.5. The molecule has 0 aliphatic rings. The summed E-state index contributed by atoms with van der Waals surface area (Å²) in [5, 5.41) is 0. The normalized spacial score (nSPS) is 3.83. The molecule has 0 bridgehead atoms. The predicted molar refractivity (Wildman–Crippen MR) is 29.2 cm³/mol. The molecule has 1 aromatic rings. The molecular formula is C8HFeO3-3. The van der Waals surface area contributed by atoms with E-state index in [0.717, 1.165) is 0 Å². The van der Waals surface area contributed by atoms with Crippen LogP contribution in [0.3, 0.4) is 0 Å². The van der Waals surface area contributed by atoms with Gasteiger partial charge in [-0.05, 0) is 0 Å². The Kier molecular flexibility index (Phi) is 93.3. The largest absolute Gasteiger partial charge is 2.00 e. The molecule has 0 fully saturated rings. The van der Waals surface area contributed by atoms with Crippen molar-refractivity contribution in [2.45, 2.75) is 0 Å². The Bertz CT molecular complexity index is 142. The van der Waals surface area contributed by atoms with Gasteiger partial charge in [-0.25, -0.2) is 0 Å². The second-order valence-corrected chi connectivity index (χ2v) is 0.683. The topological polar surface area (TPSA) is 59.7 Å². The van der Waals surface area contributed by atoms with Gasteiger partial charge in [0.25, 0.3) is 0 Å². The Balaban J connectivity index is -0.0000000406. The Morgan fingerprint density at radius 3 is 1.08 bits per heavy atom. The summed E-state index contributed by atoms with van der Waals surface area (Å²) in [7, 11) is 0. The molecule has 1 aromatic carbocycles. The quantitative estimate of drug-likeness (QED) is 0.333. The molecule has 0 saturated carbocycles. The summed E-state index contributed by atoms with van der Waals surface area (Å²) in [6, 6.07) is 12.0. The molecule has 3 nitrogen and oxygen atoms in total. The summed E-state index contributed by atoms with van der Waals surface area (Å²) in [6.07, 6.45) is 0. The second-order valence-electron chi connectivity index (χ2n) is 0.683. The summed E-state index contributed by atoms with van der Waals surface area (Å²) in [5.74, 6) is 0. The van der Waals surface area contributed by atoms with Crippen LogP contribution in [0.15, 0.2) is 6.07 Å². The maximum atomic E-state index is 7.50. The van der Waals surface area contributed by atoms with Crippen LogP contribution in [0.25, 0.3) is 0 Å². The van der Waals surface area contributed by atoms with Crippen LogP contribution < -0.4 is 0 Å². The first kappa shape index (κ1) is 22.5. The van der Waals surface area contributed by atoms with E-state index in [1.807, 2.05) is 0 Å². The van der Waals surface area contributed by atoms with Crippen molar-refractivity contribution < 1.29 is 31.0 Å². The van der Waals surface area contributed by atoms with Crippen molar-refractivity contribution in [2.75, 3.05) is 0 Å². The third-order valence-corrected chi connectivity index (χ3v) is 0.351. The maximum Gasteiger partial charge on any atom is 2.00 e. The predicted octanol–water partition coefficient (Wildman–Crippen LogP) is 0.491. The molecule has 0 unspecified atom stereocenters. The van der Waals surface area contributed by atoms with Crippen molar-refractivity contribution in [3.05, 3.63) is 50.3 Å². The Morgan fingerprint density at radius 2 is 1.00 bits per heavy atom. The van der Waals surface area contributed by atoms with E-state index in [1.165, 1.54) is 0 Å². The summed E-state index contributed by atoms with van der Waals surface area (Å²) >= 11 is 0. The molecule has 1 rings (SSSR count). The third kappa shape index (κ3) is 35.6. The molecule has 0 N–H and O–H groups in total. The zero-order valence-electron chi connectivity index (χ0n) is 5.66. The molecule has 4 heteroatoms. The summed E-state index contributed by atoms with van der Waals surface area (Å²) in [6.45, 7) is 13.5. The van der Waals surface area contributed by atoms with E-state index < -0.39 is 0 Å². The van der Waals surface area contributed by atoms with E-state index in [4.69, 9.17) is 14.0 Å². The molecule has 0 spiro atoms. The molecule has 0 aliphatic heterocycles. The molecular weight excluding hydrogens is 200 g/mol. The zero-order valence-corrected chi connectivity index (χ0v) is 6.76. The summed E-state index contributed by atoms with van der Waals surface area (Å²) in [5.41, 5.74) is 0. The maximum absolute atomic E-state index is 7.50. The standard InChI is InChI=1S/C5H.3CO.Fe/c1-2-4-5-3-1;3*1-2;/h1H;;;;/q-5;;;;+2. The van der Waals surface area contributed by atoms with Crippen LogP contribution in [-0.4, -0.2) is 0 Å². The fourth-order valence-electron chi connectivity index (χ4n) is 0.180. The molecule has 0 amide bonds. The van der Waals surface area contributed by atoms with Crippen molar-refractivity contribution in [1.29, 1.82) is 0 Å². The van der Waals surface area contributed by atoms with Crippen LogP contribution >= 0.6 is 0 Å². The van der Waals surface area contributed by atoms with Crippen LogP contribution in [0.5, 0.6) is 0 Å². The average molecular weight is 201 g/mol. The molecule has 12 heavy (non-hydrogen) atoms. The molecule has 0 aromatic heterocycles. The Labute approximate surface area is 81.8 Å². The Morgan fingerprint density at radius 1 is 0.750 bits per heavy atom. The minimum Gasteiger partial charge on any atom is -0.999 e. The van der Waals surface area contributed by atoms with E-state index in [-0.39, 0.29) is 17.1 Å². The van der Waals surface area contributed by atoms with Gasteiger partial charge in [0, 0.05) is 0 Å². The minimum absolute atomic E-state index is 0. The van der Waals surface area contributed by atoms with Crippen LogP contribution in [0.2, 0.25) is 0 Å². The van der Waals surface area contributed by atoms with E-state index in [0.29, 0.717) is 0 Å². The van der Waals surface area contributed by atoms with Crippen molar-refractivity contribution >= 4 is 0 Å². The fourth-order valence-corrected chi connectivity index (χ4v) is 0.180. The van der Waals surface area contributed by atoms with E-state index in [1.54, 1.807) is 6.07 Å². The number of hydrogen-bond donors (Lipinski definition) is 0. The molecule has 0 heterocycles. The molecule has 0 aliphatic carbocycles. The zero-order chi connectivity index (χ0) is 9.54. The van der Waals surface area contributed by atoms with E-state index >= 15 is 0 Å². The van der Waals surface area contributed by atoms with Crippen LogP contribution in [0.4, 0.5) is 0 Å². The van der Waals surface area contributed by atoms with Gasteiger partial charge in [0.1, 0.15) is 0 Å². The second kappa shape index (κ2) is 49.8. The first-order valence-corrected chi connectivity index (χ1v) is 1.94. The van der Waals surface area contributed by atoms with Crippen molar-refractivity contribution in [1.82, 2.24) is 0 Å². The van der Waals surface area contributed by atoms with Gasteiger partial charge in [-0.3, -0.25) is 0 Å². The van der Waals surface area contributed by atoms with Gasteiger partial charge in [0.2, 0.25) is 0 Å². The third-order valence-electron chi connectivity index (χ3n) is 0.351. The molecule has 0 saturated heterocycles. The van der Waals surface area contributed by atoms with E-state index in [9.17, 15) is 0 Å². The minimum atomic E-state index is 0. The van der Waals surface area contributed by atoms with Crippen LogP contribution in [-0.2, 0) is 31.0 Å². The van der Waals surface area contributed by atoms with Crippen LogP contribution in [0.1, 0.15) is 0 Å². The van der Waals surface area contributed by atoms with Crippen molar-refractivity contribution in [3.8, 4) is 0 Å². The van der Waals surface area contributed by atoms with E-state index in [2.05, 4.69) is 44.2 Å². The molecule has 62 valence electrons. The van der Waals surface area contributed by atoms with Crippen LogP contribution in [0, 0.1) is 44.2 Å². The average Bonchev–Trinajstić information content (AvgIpc) is 2.71. The van der Waals surface area contributed by atoms with Gasteiger partial charge in [-0.15, -0.1) is 0 Å². The number of hydrogen-bond acceptors (Lipinski definition) is 0. The number of rotatable bonds is 0. The van der Waals surface area contributed by atoms with Gasteiger partial charge in [-0.2, -0.15) is 0 Å². The van der Waals surface area contributed by atoms with Crippen molar-refractivity contribution in [2.24, 2.45) is 0 Å². The van der Waals surface area contributed by atoms with Gasteiger partial charge >= 0.3 is 51.0 Å². The Hall–Kier alpha value is -0.911. The van der Waals surface area contributed by atoms with Gasteiger partial charge in [-0.1, -0.05) is 0 Å².